The largest absolute Gasteiger partial charge is 0.324 e. The second kappa shape index (κ2) is 8.13. The average Bonchev–Trinajstić information content (AvgIpc) is 2.50. The number of hydrogen-bond acceptors (Lipinski definition) is 3. The van der Waals surface area contributed by atoms with Gasteiger partial charge in [-0.05, 0) is 70.9 Å². The van der Waals surface area contributed by atoms with Crippen molar-refractivity contribution in [1.29, 1.82) is 0 Å². The molecule has 128 valence electrons. The van der Waals surface area contributed by atoms with Crippen LogP contribution in [-0.2, 0) is 4.79 Å². The van der Waals surface area contributed by atoms with Gasteiger partial charge in [-0.3, -0.25) is 9.69 Å². The van der Waals surface area contributed by atoms with Crippen LogP contribution in [0.2, 0.25) is 5.02 Å². The SMILES string of the molecule is Cc1ccc(Cl)cc1NC(=O)[C@H](C)N(C)C[C@H]1CCCN(C)C1. The lowest BCUT2D eigenvalue weighted by molar-refractivity contribution is -0.120. The van der Waals surface area contributed by atoms with Gasteiger partial charge in [0, 0.05) is 23.8 Å². The van der Waals surface area contributed by atoms with Crippen molar-refractivity contribution in [3.8, 4) is 0 Å². The van der Waals surface area contributed by atoms with Crippen molar-refractivity contribution in [2.24, 2.45) is 5.92 Å². The molecule has 0 aromatic heterocycles. The summed E-state index contributed by atoms with van der Waals surface area (Å²) in [4.78, 5) is 17.0. The number of likely N-dealkylation sites (N-methyl/N-ethyl adjacent to an activating group) is 1. The van der Waals surface area contributed by atoms with Gasteiger partial charge in [0.15, 0.2) is 0 Å². The predicted octanol–water partition coefficient (Wildman–Crippen LogP) is 3.25. The molecule has 1 aromatic carbocycles. The Hall–Kier alpha value is -1.10. The van der Waals surface area contributed by atoms with Gasteiger partial charge in [0.2, 0.25) is 5.91 Å². The van der Waals surface area contributed by atoms with E-state index in [1.54, 1.807) is 6.07 Å². The minimum absolute atomic E-state index is 0.0158. The van der Waals surface area contributed by atoms with E-state index in [0.29, 0.717) is 10.9 Å². The molecule has 5 heteroatoms. The fourth-order valence-corrected chi connectivity index (χ4v) is 3.33. The third kappa shape index (κ3) is 5.20. The Morgan fingerprint density at radius 1 is 1.52 bits per heavy atom. The molecule has 1 aliphatic heterocycles. The Morgan fingerprint density at radius 2 is 2.26 bits per heavy atom. The lowest BCUT2D eigenvalue weighted by atomic mass is 9.97. The first-order chi connectivity index (χ1) is 10.9. The second-order valence-corrected chi connectivity index (χ2v) is 7.27. The van der Waals surface area contributed by atoms with E-state index >= 15 is 0 Å². The summed E-state index contributed by atoms with van der Waals surface area (Å²) in [6.45, 7) is 7.18. The summed E-state index contributed by atoms with van der Waals surface area (Å²) >= 11 is 6.02. The van der Waals surface area contributed by atoms with Gasteiger partial charge in [0.05, 0.1) is 6.04 Å². The molecule has 0 unspecified atom stereocenters. The number of carbonyl (C=O) groups excluding carboxylic acids is 1. The number of halogens is 1. The van der Waals surface area contributed by atoms with Crippen molar-refractivity contribution < 1.29 is 4.79 Å². The van der Waals surface area contributed by atoms with Crippen molar-refractivity contribution in [3.63, 3.8) is 0 Å². The zero-order valence-electron chi connectivity index (χ0n) is 14.6. The first-order valence-corrected chi connectivity index (χ1v) is 8.70. The van der Waals surface area contributed by atoms with Crippen LogP contribution in [0.5, 0.6) is 0 Å². The molecule has 0 aliphatic carbocycles. The normalized spacial score (nSPS) is 20.5. The Morgan fingerprint density at radius 3 is 2.96 bits per heavy atom. The molecular weight excluding hydrogens is 310 g/mol. The van der Waals surface area contributed by atoms with Gasteiger partial charge in [0.1, 0.15) is 0 Å². The van der Waals surface area contributed by atoms with Crippen LogP contribution in [0.15, 0.2) is 18.2 Å². The highest BCUT2D eigenvalue weighted by molar-refractivity contribution is 6.31. The van der Waals surface area contributed by atoms with E-state index in [9.17, 15) is 4.79 Å². The van der Waals surface area contributed by atoms with E-state index in [4.69, 9.17) is 11.6 Å². The average molecular weight is 338 g/mol. The number of aryl methyl sites for hydroxylation is 1. The summed E-state index contributed by atoms with van der Waals surface area (Å²) in [5.41, 5.74) is 1.81. The number of nitrogens with one attached hydrogen (secondary N) is 1. The number of carbonyl (C=O) groups is 1. The Labute approximate surface area is 144 Å². The zero-order valence-corrected chi connectivity index (χ0v) is 15.4. The Kier molecular flexibility index (Phi) is 6.45. The highest BCUT2D eigenvalue weighted by Crippen LogP contribution is 2.21. The van der Waals surface area contributed by atoms with Gasteiger partial charge in [-0.1, -0.05) is 17.7 Å². The number of nitrogens with zero attached hydrogens (tertiary/aromatic N) is 2. The third-order valence-electron chi connectivity index (χ3n) is 4.77. The van der Waals surface area contributed by atoms with Crippen LogP contribution in [0.25, 0.3) is 0 Å². The molecule has 1 saturated heterocycles. The molecular formula is C18H28ClN3O. The first kappa shape index (κ1) is 18.2. The fourth-order valence-electron chi connectivity index (χ4n) is 3.15. The molecule has 1 aliphatic rings. The molecule has 0 radical (unpaired) electrons. The van der Waals surface area contributed by atoms with Crippen LogP contribution >= 0.6 is 11.6 Å². The minimum Gasteiger partial charge on any atom is -0.324 e. The van der Waals surface area contributed by atoms with E-state index in [0.717, 1.165) is 24.3 Å². The standard InChI is InChI=1S/C18H28ClN3O/c1-13-7-8-16(19)10-17(13)20-18(23)14(2)22(4)12-15-6-5-9-21(3)11-15/h7-8,10,14-15H,5-6,9,11-12H2,1-4H3,(H,20,23)/t14-,15-/m0/s1. The molecule has 4 nitrogen and oxygen atoms in total. The van der Waals surface area contributed by atoms with E-state index in [1.807, 2.05) is 33.0 Å². The van der Waals surface area contributed by atoms with Crippen LogP contribution in [0.1, 0.15) is 25.3 Å². The van der Waals surface area contributed by atoms with E-state index in [-0.39, 0.29) is 11.9 Å². The summed E-state index contributed by atoms with van der Waals surface area (Å²) in [5, 5.41) is 3.64. The second-order valence-electron chi connectivity index (χ2n) is 6.83. The maximum atomic E-state index is 12.5. The van der Waals surface area contributed by atoms with Gasteiger partial charge in [-0.15, -0.1) is 0 Å². The summed E-state index contributed by atoms with van der Waals surface area (Å²) in [6, 6.07) is 5.39. The van der Waals surface area contributed by atoms with Crippen molar-refractivity contribution in [1.82, 2.24) is 9.80 Å². The van der Waals surface area contributed by atoms with Crippen molar-refractivity contribution in [2.75, 3.05) is 39.0 Å². The Bertz CT molecular complexity index is 549. The van der Waals surface area contributed by atoms with E-state index in [1.165, 1.54) is 19.4 Å². The van der Waals surface area contributed by atoms with E-state index < -0.39 is 0 Å². The molecule has 1 amide bonds. The molecule has 1 fully saturated rings. The lowest BCUT2D eigenvalue weighted by Gasteiger charge is -2.34. The molecule has 2 atom stereocenters. The van der Waals surface area contributed by atoms with Gasteiger partial charge in [0.25, 0.3) is 0 Å². The van der Waals surface area contributed by atoms with Gasteiger partial charge < -0.3 is 10.2 Å². The number of anilines is 1. The summed E-state index contributed by atoms with van der Waals surface area (Å²) < 4.78 is 0. The summed E-state index contributed by atoms with van der Waals surface area (Å²) in [6.07, 6.45) is 2.49. The number of benzene rings is 1. The number of likely N-dealkylation sites (tertiary alicyclic amines) is 1. The molecule has 0 bridgehead atoms. The maximum absolute atomic E-state index is 12.5. The number of amides is 1. The summed E-state index contributed by atoms with van der Waals surface area (Å²) in [5.74, 6) is 0.656. The van der Waals surface area contributed by atoms with Crippen molar-refractivity contribution in [3.05, 3.63) is 28.8 Å². The molecule has 1 aromatic rings. The van der Waals surface area contributed by atoms with Crippen molar-refractivity contribution in [2.45, 2.75) is 32.7 Å². The first-order valence-electron chi connectivity index (χ1n) is 8.32. The highest BCUT2D eigenvalue weighted by atomic mass is 35.5. The Balaban J connectivity index is 1.91. The summed E-state index contributed by atoms with van der Waals surface area (Å²) in [7, 11) is 4.20. The number of piperidine rings is 1. The number of rotatable bonds is 5. The van der Waals surface area contributed by atoms with Crippen LogP contribution in [0.3, 0.4) is 0 Å². The van der Waals surface area contributed by atoms with Gasteiger partial charge in [-0.2, -0.15) is 0 Å². The maximum Gasteiger partial charge on any atom is 0.241 e. The molecule has 0 spiro atoms. The highest BCUT2D eigenvalue weighted by Gasteiger charge is 2.24. The molecule has 1 heterocycles. The molecule has 0 saturated carbocycles. The quantitative estimate of drug-likeness (QED) is 0.895. The third-order valence-corrected chi connectivity index (χ3v) is 5.00. The van der Waals surface area contributed by atoms with E-state index in [2.05, 4.69) is 22.2 Å². The minimum atomic E-state index is -0.166. The number of hydrogen-bond donors (Lipinski definition) is 1. The van der Waals surface area contributed by atoms with Gasteiger partial charge in [-0.25, -0.2) is 0 Å². The smallest absolute Gasteiger partial charge is 0.241 e. The molecule has 2 rings (SSSR count). The van der Waals surface area contributed by atoms with Crippen LogP contribution in [-0.4, -0.2) is 55.5 Å². The molecule has 23 heavy (non-hydrogen) atoms. The van der Waals surface area contributed by atoms with Crippen LogP contribution < -0.4 is 5.32 Å². The lowest BCUT2D eigenvalue weighted by Crippen LogP contribution is -2.45. The van der Waals surface area contributed by atoms with Crippen LogP contribution in [0, 0.1) is 12.8 Å². The topological polar surface area (TPSA) is 35.6 Å². The van der Waals surface area contributed by atoms with Crippen LogP contribution in [0.4, 0.5) is 5.69 Å². The predicted molar refractivity (Wildman–Crippen MR) is 97.1 cm³/mol. The van der Waals surface area contributed by atoms with Crippen molar-refractivity contribution >= 4 is 23.2 Å². The fraction of sp³-hybridized carbons (Fsp3) is 0.611. The monoisotopic (exact) mass is 337 g/mol. The zero-order chi connectivity index (χ0) is 17.0. The molecule has 1 N–H and O–H groups in total. The van der Waals surface area contributed by atoms with Gasteiger partial charge >= 0.3 is 0 Å².